The van der Waals surface area contributed by atoms with Gasteiger partial charge < -0.3 is 5.32 Å². The van der Waals surface area contributed by atoms with Crippen molar-refractivity contribution in [3.63, 3.8) is 0 Å². The van der Waals surface area contributed by atoms with Crippen LogP contribution >= 0.6 is 0 Å². The average Bonchev–Trinajstić information content (AvgIpc) is 2.86. The summed E-state index contributed by atoms with van der Waals surface area (Å²) in [4.78, 5) is 16.1. The molecule has 9 nitrogen and oxygen atoms in total. The van der Waals surface area contributed by atoms with Crippen LogP contribution in [0, 0.1) is 5.82 Å². The number of benzene rings is 2. The number of amides is 1. The summed E-state index contributed by atoms with van der Waals surface area (Å²) in [5.41, 5.74) is -1.46. The summed E-state index contributed by atoms with van der Waals surface area (Å²) < 4.78 is 106. The van der Waals surface area contributed by atoms with Gasteiger partial charge in [0.25, 0.3) is 10.0 Å². The molecule has 3 rings (SSSR count). The van der Waals surface area contributed by atoms with Crippen LogP contribution in [0.3, 0.4) is 0 Å². The SMILES string of the molecule is CC(C(=O)NCc1ccc(C(F)(F)F)nc1N(C)S(=O)(=O)c1ccccc1)c1ccc(NS(C)(=O)=O)c(F)c1. The van der Waals surface area contributed by atoms with Crippen molar-refractivity contribution in [2.75, 3.05) is 22.3 Å². The zero-order valence-electron chi connectivity index (χ0n) is 20.8. The van der Waals surface area contributed by atoms with Crippen LogP contribution in [0.2, 0.25) is 0 Å². The molecule has 39 heavy (non-hydrogen) atoms. The van der Waals surface area contributed by atoms with Crippen molar-refractivity contribution in [3.8, 4) is 0 Å². The van der Waals surface area contributed by atoms with E-state index in [2.05, 4.69) is 10.3 Å². The third-order valence-electron chi connectivity index (χ3n) is 5.58. The molecule has 1 unspecified atom stereocenters. The van der Waals surface area contributed by atoms with Crippen molar-refractivity contribution < 1.29 is 39.2 Å². The van der Waals surface area contributed by atoms with Crippen LogP contribution in [-0.2, 0) is 37.6 Å². The highest BCUT2D eigenvalue weighted by molar-refractivity contribution is 7.92. The van der Waals surface area contributed by atoms with E-state index in [9.17, 15) is 39.2 Å². The number of carbonyl (C=O) groups is 1. The molecule has 0 aliphatic carbocycles. The first-order valence-corrected chi connectivity index (χ1v) is 14.5. The van der Waals surface area contributed by atoms with Crippen LogP contribution in [-0.4, -0.2) is 41.0 Å². The highest BCUT2D eigenvalue weighted by Gasteiger charge is 2.35. The molecule has 0 aliphatic heterocycles. The zero-order chi connectivity index (χ0) is 29.2. The molecule has 2 N–H and O–H groups in total. The number of pyridine rings is 1. The largest absolute Gasteiger partial charge is 0.433 e. The molecular formula is C24H24F4N4O5S2. The summed E-state index contributed by atoms with van der Waals surface area (Å²) in [5, 5.41) is 2.50. The smallest absolute Gasteiger partial charge is 0.351 e. The van der Waals surface area contributed by atoms with E-state index in [1.54, 1.807) is 6.07 Å². The predicted octanol–water partition coefficient (Wildman–Crippen LogP) is 3.86. The highest BCUT2D eigenvalue weighted by atomic mass is 32.2. The number of carbonyl (C=O) groups excluding carboxylic acids is 1. The number of aromatic nitrogens is 1. The van der Waals surface area contributed by atoms with Crippen molar-refractivity contribution in [3.05, 3.63) is 83.3 Å². The Kier molecular flexibility index (Phi) is 8.55. The summed E-state index contributed by atoms with van der Waals surface area (Å²) >= 11 is 0. The maximum absolute atomic E-state index is 14.4. The third-order valence-corrected chi connectivity index (χ3v) is 7.93. The lowest BCUT2D eigenvalue weighted by Crippen LogP contribution is -2.32. The van der Waals surface area contributed by atoms with Gasteiger partial charge in [0.15, 0.2) is 0 Å². The van der Waals surface area contributed by atoms with Gasteiger partial charge in [0.05, 0.1) is 22.8 Å². The molecule has 3 aromatic rings. The number of hydrogen-bond donors (Lipinski definition) is 2. The lowest BCUT2D eigenvalue weighted by Gasteiger charge is -2.23. The second-order valence-electron chi connectivity index (χ2n) is 8.52. The zero-order valence-corrected chi connectivity index (χ0v) is 22.5. The Morgan fingerprint density at radius 1 is 1.03 bits per heavy atom. The van der Waals surface area contributed by atoms with E-state index in [-0.39, 0.29) is 21.7 Å². The third kappa shape index (κ3) is 7.23. The van der Waals surface area contributed by atoms with E-state index in [1.807, 2.05) is 4.72 Å². The Bertz CT molecular complexity index is 1580. The highest BCUT2D eigenvalue weighted by Crippen LogP contribution is 2.32. The van der Waals surface area contributed by atoms with Gasteiger partial charge in [-0.05, 0) is 42.8 Å². The molecule has 15 heteroatoms. The minimum absolute atomic E-state index is 0.0237. The quantitative estimate of drug-likeness (QED) is 0.366. The van der Waals surface area contributed by atoms with Crippen LogP contribution < -0.4 is 14.3 Å². The molecule has 0 bridgehead atoms. The molecule has 1 aromatic heterocycles. The lowest BCUT2D eigenvalue weighted by molar-refractivity contribution is -0.141. The second-order valence-corrected chi connectivity index (χ2v) is 12.2. The van der Waals surface area contributed by atoms with Gasteiger partial charge in [-0.3, -0.25) is 13.8 Å². The molecule has 0 saturated heterocycles. The van der Waals surface area contributed by atoms with E-state index in [1.165, 1.54) is 37.3 Å². The molecule has 2 aromatic carbocycles. The van der Waals surface area contributed by atoms with Gasteiger partial charge >= 0.3 is 6.18 Å². The van der Waals surface area contributed by atoms with E-state index in [0.717, 1.165) is 31.5 Å². The minimum Gasteiger partial charge on any atom is -0.351 e. The van der Waals surface area contributed by atoms with Gasteiger partial charge in [0.2, 0.25) is 15.9 Å². The van der Waals surface area contributed by atoms with E-state index in [0.29, 0.717) is 10.4 Å². The number of alkyl halides is 3. The average molecular weight is 589 g/mol. The second kappa shape index (κ2) is 11.2. The Labute approximate surface area is 223 Å². The van der Waals surface area contributed by atoms with Gasteiger partial charge in [-0.15, -0.1) is 0 Å². The maximum Gasteiger partial charge on any atom is 0.433 e. The Balaban J connectivity index is 1.87. The Morgan fingerprint density at radius 2 is 1.67 bits per heavy atom. The van der Waals surface area contributed by atoms with E-state index >= 15 is 0 Å². The van der Waals surface area contributed by atoms with Gasteiger partial charge in [-0.25, -0.2) is 26.2 Å². The molecule has 210 valence electrons. The van der Waals surface area contributed by atoms with Crippen molar-refractivity contribution in [2.45, 2.75) is 30.5 Å². The van der Waals surface area contributed by atoms with E-state index in [4.69, 9.17) is 0 Å². The fraction of sp³-hybridized carbons (Fsp3) is 0.250. The minimum atomic E-state index is -4.86. The van der Waals surface area contributed by atoms with Crippen molar-refractivity contribution in [1.29, 1.82) is 0 Å². The lowest BCUT2D eigenvalue weighted by atomic mass is 9.99. The fourth-order valence-electron chi connectivity index (χ4n) is 3.48. The molecule has 1 heterocycles. The van der Waals surface area contributed by atoms with Crippen molar-refractivity contribution in [2.24, 2.45) is 0 Å². The van der Waals surface area contributed by atoms with Crippen LogP contribution in [0.25, 0.3) is 0 Å². The standard InChI is InChI=1S/C24H24F4N4O5S2/c1-15(16-9-11-20(19(25)13-16)31-38(3,34)35)23(33)29-14-17-10-12-21(24(26,27)28)30-22(17)32(2)39(36,37)18-7-5-4-6-8-18/h4-13,15,31H,14H2,1-3H3,(H,29,33). The summed E-state index contributed by atoms with van der Waals surface area (Å²) in [6.07, 6.45) is -4.01. The van der Waals surface area contributed by atoms with Crippen LogP contribution in [0.4, 0.5) is 29.1 Å². The number of nitrogens with zero attached hydrogens (tertiary/aromatic N) is 2. The molecule has 0 saturated carbocycles. The summed E-state index contributed by atoms with van der Waals surface area (Å²) in [6.45, 7) is 1.04. The maximum atomic E-state index is 14.4. The van der Waals surface area contributed by atoms with Gasteiger partial charge in [0, 0.05) is 19.2 Å². The van der Waals surface area contributed by atoms with Crippen LogP contribution in [0.1, 0.15) is 29.7 Å². The summed E-state index contributed by atoms with van der Waals surface area (Å²) in [6, 6.07) is 12.2. The van der Waals surface area contributed by atoms with Crippen LogP contribution in [0.15, 0.2) is 65.6 Å². The van der Waals surface area contributed by atoms with E-state index < -0.39 is 61.9 Å². The number of anilines is 2. The van der Waals surface area contributed by atoms with Gasteiger partial charge in [0.1, 0.15) is 17.3 Å². The molecule has 0 radical (unpaired) electrons. The number of rotatable bonds is 9. The first kappa shape index (κ1) is 29.8. The summed E-state index contributed by atoms with van der Waals surface area (Å²) in [7, 11) is -6.98. The molecule has 0 aliphatic rings. The predicted molar refractivity (Wildman–Crippen MR) is 136 cm³/mol. The Morgan fingerprint density at radius 3 is 2.23 bits per heavy atom. The van der Waals surface area contributed by atoms with Gasteiger partial charge in [-0.2, -0.15) is 13.2 Å². The monoisotopic (exact) mass is 588 g/mol. The first-order valence-electron chi connectivity index (χ1n) is 11.2. The Hall–Kier alpha value is -3.72. The first-order chi connectivity index (χ1) is 18.0. The molecule has 1 atom stereocenters. The summed E-state index contributed by atoms with van der Waals surface area (Å²) in [5.74, 6) is -3.07. The number of hydrogen-bond acceptors (Lipinski definition) is 6. The fourth-order valence-corrected chi connectivity index (χ4v) is 5.25. The number of halogens is 4. The van der Waals surface area contributed by atoms with Crippen molar-refractivity contribution in [1.82, 2.24) is 10.3 Å². The van der Waals surface area contributed by atoms with Crippen LogP contribution in [0.5, 0.6) is 0 Å². The topological polar surface area (TPSA) is 126 Å². The van der Waals surface area contributed by atoms with Gasteiger partial charge in [-0.1, -0.05) is 30.3 Å². The molecule has 0 fully saturated rings. The number of sulfonamides is 2. The molecular weight excluding hydrogens is 564 g/mol. The number of nitrogens with one attached hydrogen (secondary N) is 2. The molecule has 1 amide bonds. The normalized spacial score (nSPS) is 13.0. The van der Waals surface area contributed by atoms with Crippen molar-refractivity contribution >= 4 is 37.5 Å². The molecule has 0 spiro atoms.